The molecule has 0 aromatic carbocycles. The van der Waals surface area contributed by atoms with Gasteiger partial charge in [-0.15, -0.1) is 0 Å². The molecule has 1 aromatic rings. The molecule has 0 amide bonds. The van der Waals surface area contributed by atoms with Crippen LogP contribution < -0.4 is 5.32 Å². The second kappa shape index (κ2) is 4.57. The van der Waals surface area contributed by atoms with E-state index in [-0.39, 0.29) is 12.1 Å². The number of aliphatic hydroxyl groups is 1. The van der Waals surface area contributed by atoms with Gasteiger partial charge in [0.2, 0.25) is 0 Å². The summed E-state index contributed by atoms with van der Waals surface area (Å²) >= 11 is 0. The minimum absolute atomic E-state index is 0.0415. The van der Waals surface area contributed by atoms with Gasteiger partial charge >= 0.3 is 0 Å². The number of aromatic amines is 1. The van der Waals surface area contributed by atoms with Crippen LogP contribution >= 0.6 is 0 Å². The number of nitrogens with zero attached hydrogens (tertiary/aromatic N) is 1. The van der Waals surface area contributed by atoms with Crippen LogP contribution in [-0.2, 0) is 6.54 Å². The lowest BCUT2D eigenvalue weighted by Gasteiger charge is -2.25. The zero-order valence-corrected chi connectivity index (χ0v) is 9.09. The first-order valence-corrected chi connectivity index (χ1v) is 4.90. The van der Waals surface area contributed by atoms with E-state index in [1.165, 1.54) is 0 Å². The fourth-order valence-corrected chi connectivity index (χ4v) is 1.26. The van der Waals surface area contributed by atoms with Gasteiger partial charge in [-0.2, -0.15) is 0 Å². The van der Waals surface area contributed by atoms with Crippen LogP contribution in [0.25, 0.3) is 0 Å². The van der Waals surface area contributed by atoms with Crippen molar-refractivity contribution in [3.63, 3.8) is 0 Å². The molecule has 4 nitrogen and oxygen atoms in total. The number of aromatic nitrogens is 2. The Morgan fingerprint density at radius 2 is 2.29 bits per heavy atom. The third-order valence-electron chi connectivity index (χ3n) is 2.41. The molecule has 3 N–H and O–H groups in total. The van der Waals surface area contributed by atoms with Crippen molar-refractivity contribution in [2.24, 2.45) is 0 Å². The molecule has 0 aliphatic rings. The molecule has 0 unspecified atom stereocenters. The van der Waals surface area contributed by atoms with Gasteiger partial charge in [-0.05, 0) is 27.2 Å². The van der Waals surface area contributed by atoms with Crippen LogP contribution in [0.3, 0.4) is 0 Å². The van der Waals surface area contributed by atoms with Crippen LogP contribution in [0, 0.1) is 6.92 Å². The fraction of sp³-hybridized carbons (Fsp3) is 0.700. The number of rotatable bonds is 5. The Balaban J connectivity index is 2.44. The van der Waals surface area contributed by atoms with E-state index < -0.39 is 0 Å². The Kier molecular flexibility index (Phi) is 3.66. The largest absolute Gasteiger partial charge is 0.396 e. The van der Waals surface area contributed by atoms with Crippen molar-refractivity contribution in [2.75, 3.05) is 6.61 Å². The molecule has 14 heavy (non-hydrogen) atoms. The molecule has 1 rings (SSSR count). The van der Waals surface area contributed by atoms with Gasteiger partial charge in [0.1, 0.15) is 0 Å². The van der Waals surface area contributed by atoms with E-state index in [0.29, 0.717) is 0 Å². The molecule has 1 heterocycles. The Labute approximate surface area is 84.8 Å². The highest BCUT2D eigenvalue weighted by molar-refractivity contribution is 5.08. The Morgan fingerprint density at radius 3 is 2.79 bits per heavy atom. The van der Waals surface area contributed by atoms with Crippen LogP contribution in [0.5, 0.6) is 0 Å². The van der Waals surface area contributed by atoms with E-state index in [0.717, 1.165) is 24.4 Å². The van der Waals surface area contributed by atoms with E-state index in [9.17, 15) is 0 Å². The number of aryl methyl sites for hydroxylation is 1. The van der Waals surface area contributed by atoms with Gasteiger partial charge in [0.15, 0.2) is 0 Å². The second-order valence-electron chi connectivity index (χ2n) is 4.19. The molecular formula is C10H19N3O. The molecule has 0 fully saturated rings. The number of H-pyrrole nitrogens is 1. The van der Waals surface area contributed by atoms with Crippen LogP contribution in [0.15, 0.2) is 6.33 Å². The molecule has 0 spiro atoms. The van der Waals surface area contributed by atoms with E-state index in [1.54, 1.807) is 6.33 Å². The second-order valence-corrected chi connectivity index (χ2v) is 4.19. The molecule has 0 saturated heterocycles. The van der Waals surface area contributed by atoms with Gasteiger partial charge in [0, 0.05) is 24.4 Å². The first-order chi connectivity index (χ1) is 6.55. The van der Waals surface area contributed by atoms with Crippen LogP contribution in [0.4, 0.5) is 0 Å². The molecule has 0 bridgehead atoms. The SMILES string of the molecule is Cc1[nH]cnc1CNC(C)(C)CCO. The maximum absolute atomic E-state index is 8.85. The van der Waals surface area contributed by atoms with Crippen LogP contribution in [0.1, 0.15) is 31.7 Å². The normalized spacial score (nSPS) is 12.0. The van der Waals surface area contributed by atoms with E-state index >= 15 is 0 Å². The minimum Gasteiger partial charge on any atom is -0.396 e. The average molecular weight is 197 g/mol. The lowest BCUT2D eigenvalue weighted by atomic mass is 10.0. The monoisotopic (exact) mass is 197 g/mol. The number of hydrogen-bond donors (Lipinski definition) is 3. The predicted molar refractivity (Wildman–Crippen MR) is 55.9 cm³/mol. The molecule has 80 valence electrons. The maximum Gasteiger partial charge on any atom is 0.0925 e. The summed E-state index contributed by atoms with van der Waals surface area (Å²) in [5, 5.41) is 12.2. The number of imidazole rings is 1. The molecule has 0 saturated carbocycles. The zero-order chi connectivity index (χ0) is 10.6. The van der Waals surface area contributed by atoms with Gasteiger partial charge in [0.05, 0.1) is 12.0 Å². The van der Waals surface area contributed by atoms with Crippen molar-refractivity contribution < 1.29 is 5.11 Å². The van der Waals surface area contributed by atoms with Gasteiger partial charge in [-0.1, -0.05) is 0 Å². The predicted octanol–water partition coefficient (Wildman–Crippen LogP) is 0.969. The summed E-state index contributed by atoms with van der Waals surface area (Å²) in [5.74, 6) is 0. The number of hydrogen-bond acceptors (Lipinski definition) is 3. The molecular weight excluding hydrogens is 178 g/mol. The summed E-state index contributed by atoms with van der Waals surface area (Å²) in [6.45, 7) is 7.10. The van der Waals surface area contributed by atoms with Crippen LogP contribution in [0.2, 0.25) is 0 Å². The van der Waals surface area contributed by atoms with Gasteiger partial charge in [0.25, 0.3) is 0 Å². The van der Waals surface area contributed by atoms with Gasteiger partial charge < -0.3 is 15.4 Å². The molecule has 0 atom stereocenters. The molecule has 1 aromatic heterocycles. The first-order valence-electron chi connectivity index (χ1n) is 4.90. The topological polar surface area (TPSA) is 60.9 Å². The first kappa shape index (κ1) is 11.2. The summed E-state index contributed by atoms with van der Waals surface area (Å²) in [7, 11) is 0. The van der Waals surface area contributed by atoms with E-state index in [4.69, 9.17) is 5.11 Å². The minimum atomic E-state index is -0.0415. The highest BCUT2D eigenvalue weighted by Gasteiger charge is 2.16. The van der Waals surface area contributed by atoms with E-state index in [1.807, 2.05) is 6.92 Å². The summed E-state index contributed by atoms with van der Waals surface area (Å²) in [4.78, 5) is 7.23. The summed E-state index contributed by atoms with van der Waals surface area (Å²) in [5.41, 5.74) is 2.09. The number of nitrogens with one attached hydrogen (secondary N) is 2. The standard InChI is InChI=1S/C10H19N3O/c1-8-9(12-7-11-8)6-13-10(2,3)4-5-14/h7,13-14H,4-6H2,1-3H3,(H,11,12). The summed E-state index contributed by atoms with van der Waals surface area (Å²) in [6, 6.07) is 0. The molecule has 0 radical (unpaired) electrons. The fourth-order valence-electron chi connectivity index (χ4n) is 1.26. The lowest BCUT2D eigenvalue weighted by Crippen LogP contribution is -2.39. The van der Waals surface area contributed by atoms with Crippen LogP contribution in [-0.4, -0.2) is 27.2 Å². The van der Waals surface area contributed by atoms with E-state index in [2.05, 4.69) is 29.1 Å². The van der Waals surface area contributed by atoms with Crippen molar-refractivity contribution in [1.29, 1.82) is 0 Å². The highest BCUT2D eigenvalue weighted by Crippen LogP contribution is 2.09. The van der Waals surface area contributed by atoms with Crippen molar-refractivity contribution in [3.05, 3.63) is 17.7 Å². The molecule has 0 aliphatic heterocycles. The Bertz CT molecular complexity index is 281. The average Bonchev–Trinajstić information content (AvgIpc) is 2.48. The third kappa shape index (κ3) is 3.12. The highest BCUT2D eigenvalue weighted by atomic mass is 16.3. The Morgan fingerprint density at radius 1 is 1.57 bits per heavy atom. The third-order valence-corrected chi connectivity index (χ3v) is 2.41. The van der Waals surface area contributed by atoms with Crippen molar-refractivity contribution in [1.82, 2.24) is 15.3 Å². The van der Waals surface area contributed by atoms with Crippen molar-refractivity contribution in [3.8, 4) is 0 Å². The van der Waals surface area contributed by atoms with Crippen molar-refractivity contribution >= 4 is 0 Å². The zero-order valence-electron chi connectivity index (χ0n) is 9.09. The lowest BCUT2D eigenvalue weighted by molar-refractivity contribution is 0.229. The summed E-state index contributed by atoms with van der Waals surface area (Å²) in [6.07, 6.45) is 2.45. The molecule has 4 heteroatoms. The molecule has 0 aliphatic carbocycles. The Hall–Kier alpha value is -0.870. The van der Waals surface area contributed by atoms with Crippen molar-refractivity contribution in [2.45, 2.75) is 39.3 Å². The maximum atomic E-state index is 8.85. The summed E-state index contributed by atoms with van der Waals surface area (Å²) < 4.78 is 0. The smallest absolute Gasteiger partial charge is 0.0925 e. The van der Waals surface area contributed by atoms with Gasteiger partial charge in [-0.3, -0.25) is 0 Å². The van der Waals surface area contributed by atoms with Gasteiger partial charge in [-0.25, -0.2) is 4.98 Å². The quantitative estimate of drug-likeness (QED) is 0.659. The number of aliphatic hydroxyl groups excluding tert-OH is 1.